The number of amides is 1. The number of hydrogen-bond donors (Lipinski definition) is 2. The highest BCUT2D eigenvalue weighted by atomic mass is 79.9. The summed E-state index contributed by atoms with van der Waals surface area (Å²) in [5.74, 6) is -0.0985. The maximum Gasteiger partial charge on any atom is 0.255 e. The number of nitrogens with one attached hydrogen (secondary N) is 2. The lowest BCUT2D eigenvalue weighted by Crippen LogP contribution is -2.12. The van der Waals surface area contributed by atoms with Crippen LogP contribution in [0.15, 0.2) is 40.9 Å². The largest absolute Gasteiger partial charge is 0.385 e. The van der Waals surface area contributed by atoms with Gasteiger partial charge in [-0.25, -0.2) is 0 Å². The fourth-order valence-corrected chi connectivity index (χ4v) is 2.81. The van der Waals surface area contributed by atoms with Crippen molar-refractivity contribution in [3.8, 4) is 0 Å². The van der Waals surface area contributed by atoms with E-state index in [2.05, 4.69) is 33.5 Å². The van der Waals surface area contributed by atoms with Crippen molar-refractivity contribution in [2.75, 3.05) is 17.2 Å². The van der Waals surface area contributed by atoms with E-state index < -0.39 is 0 Å². The highest BCUT2D eigenvalue weighted by Crippen LogP contribution is 2.21. The number of halogens is 1. The van der Waals surface area contributed by atoms with Crippen LogP contribution in [0.5, 0.6) is 0 Å². The molecule has 0 aromatic heterocycles. The minimum Gasteiger partial charge on any atom is -0.385 e. The van der Waals surface area contributed by atoms with Crippen LogP contribution in [0, 0.1) is 13.8 Å². The quantitative estimate of drug-likeness (QED) is 0.838. The van der Waals surface area contributed by atoms with Crippen LogP contribution in [0.2, 0.25) is 0 Å². The Labute approximate surface area is 133 Å². The third-order valence-electron chi connectivity index (χ3n) is 3.16. The molecule has 0 heterocycles. The summed E-state index contributed by atoms with van der Waals surface area (Å²) in [5.41, 5.74) is 4.67. The third kappa shape index (κ3) is 4.08. The predicted octanol–water partition coefficient (Wildman–Crippen LogP) is 4.75. The molecule has 2 N–H and O–H groups in total. The Morgan fingerprint density at radius 3 is 2.52 bits per heavy atom. The molecule has 1 amide bonds. The summed E-state index contributed by atoms with van der Waals surface area (Å²) >= 11 is 3.44. The van der Waals surface area contributed by atoms with E-state index in [4.69, 9.17) is 0 Å². The Kier molecular flexibility index (Phi) is 5.02. The zero-order valence-corrected chi connectivity index (χ0v) is 14.0. The van der Waals surface area contributed by atoms with Gasteiger partial charge in [0.15, 0.2) is 0 Å². The van der Waals surface area contributed by atoms with E-state index in [1.165, 1.54) is 0 Å². The fraction of sp³-hybridized carbons (Fsp3) is 0.235. The maximum absolute atomic E-state index is 12.3. The van der Waals surface area contributed by atoms with Crippen molar-refractivity contribution in [1.29, 1.82) is 0 Å². The van der Waals surface area contributed by atoms with Crippen LogP contribution in [0.1, 0.15) is 28.4 Å². The molecule has 110 valence electrons. The zero-order valence-electron chi connectivity index (χ0n) is 12.5. The minimum atomic E-state index is -0.0985. The molecule has 0 bridgehead atoms. The molecule has 21 heavy (non-hydrogen) atoms. The van der Waals surface area contributed by atoms with Crippen molar-refractivity contribution in [2.24, 2.45) is 0 Å². The van der Waals surface area contributed by atoms with Crippen molar-refractivity contribution in [1.82, 2.24) is 0 Å². The molecule has 0 aliphatic heterocycles. The van der Waals surface area contributed by atoms with E-state index in [0.29, 0.717) is 5.56 Å². The maximum atomic E-state index is 12.3. The van der Waals surface area contributed by atoms with Gasteiger partial charge in [-0.2, -0.15) is 0 Å². The number of carbonyl (C=O) groups is 1. The molecule has 4 heteroatoms. The third-order valence-corrected chi connectivity index (χ3v) is 3.61. The summed E-state index contributed by atoms with van der Waals surface area (Å²) in [4.78, 5) is 12.3. The SMILES string of the molecule is CCNc1ccc(C(=O)Nc2cc(C)cc(Br)c2)cc1C. The zero-order chi connectivity index (χ0) is 15.4. The van der Waals surface area contributed by atoms with Crippen molar-refractivity contribution in [2.45, 2.75) is 20.8 Å². The number of anilines is 2. The molecular formula is C17H19BrN2O. The molecule has 2 aromatic carbocycles. The van der Waals surface area contributed by atoms with Gasteiger partial charge in [0.05, 0.1) is 0 Å². The van der Waals surface area contributed by atoms with Gasteiger partial charge in [0, 0.05) is 28.0 Å². The Bertz CT molecular complexity index is 648. The molecule has 2 aromatic rings. The van der Waals surface area contributed by atoms with Crippen LogP contribution in [0.25, 0.3) is 0 Å². The van der Waals surface area contributed by atoms with Crippen molar-refractivity contribution < 1.29 is 4.79 Å². The Morgan fingerprint density at radius 1 is 1.14 bits per heavy atom. The highest BCUT2D eigenvalue weighted by molar-refractivity contribution is 9.10. The topological polar surface area (TPSA) is 41.1 Å². The van der Waals surface area contributed by atoms with Gasteiger partial charge in [0.25, 0.3) is 5.91 Å². The predicted molar refractivity (Wildman–Crippen MR) is 92.2 cm³/mol. The number of hydrogen-bond acceptors (Lipinski definition) is 2. The van der Waals surface area contributed by atoms with Crippen LogP contribution in [-0.4, -0.2) is 12.5 Å². The van der Waals surface area contributed by atoms with E-state index in [-0.39, 0.29) is 5.91 Å². The van der Waals surface area contributed by atoms with E-state index in [1.807, 2.05) is 50.2 Å². The molecule has 0 radical (unpaired) electrons. The van der Waals surface area contributed by atoms with Crippen LogP contribution in [0.3, 0.4) is 0 Å². The van der Waals surface area contributed by atoms with E-state index in [9.17, 15) is 4.79 Å². The molecule has 2 rings (SSSR count). The van der Waals surface area contributed by atoms with E-state index >= 15 is 0 Å². The lowest BCUT2D eigenvalue weighted by atomic mass is 10.1. The van der Waals surface area contributed by atoms with Crippen molar-refractivity contribution in [3.05, 3.63) is 57.6 Å². The standard InChI is InChI=1S/C17H19BrN2O/c1-4-19-16-6-5-13(9-12(16)3)17(21)20-15-8-11(2)7-14(18)10-15/h5-10,19H,4H2,1-3H3,(H,20,21). The normalized spacial score (nSPS) is 10.3. The Hall–Kier alpha value is -1.81. The minimum absolute atomic E-state index is 0.0985. The van der Waals surface area contributed by atoms with Crippen molar-refractivity contribution >= 4 is 33.2 Å². The molecule has 0 saturated heterocycles. The van der Waals surface area contributed by atoms with Gasteiger partial charge in [0.1, 0.15) is 0 Å². The summed E-state index contributed by atoms with van der Waals surface area (Å²) in [7, 11) is 0. The lowest BCUT2D eigenvalue weighted by molar-refractivity contribution is 0.102. The molecule has 0 aliphatic rings. The molecular weight excluding hydrogens is 328 g/mol. The second-order valence-electron chi connectivity index (χ2n) is 5.03. The van der Waals surface area contributed by atoms with Gasteiger partial charge >= 0.3 is 0 Å². The number of aryl methyl sites for hydroxylation is 2. The first-order valence-electron chi connectivity index (χ1n) is 6.92. The Balaban J connectivity index is 2.18. The van der Waals surface area contributed by atoms with Gasteiger partial charge in [-0.15, -0.1) is 0 Å². The van der Waals surface area contributed by atoms with Crippen LogP contribution >= 0.6 is 15.9 Å². The van der Waals surface area contributed by atoms with E-state index in [0.717, 1.165) is 33.5 Å². The molecule has 0 unspecified atom stereocenters. The van der Waals surface area contributed by atoms with Crippen molar-refractivity contribution in [3.63, 3.8) is 0 Å². The van der Waals surface area contributed by atoms with Crippen LogP contribution in [-0.2, 0) is 0 Å². The molecule has 0 saturated carbocycles. The number of benzene rings is 2. The van der Waals surface area contributed by atoms with E-state index in [1.54, 1.807) is 0 Å². The molecule has 0 atom stereocenters. The summed E-state index contributed by atoms with van der Waals surface area (Å²) < 4.78 is 0.955. The molecule has 0 fully saturated rings. The summed E-state index contributed by atoms with van der Waals surface area (Å²) in [6.07, 6.45) is 0. The monoisotopic (exact) mass is 346 g/mol. The molecule has 3 nitrogen and oxygen atoms in total. The molecule has 0 spiro atoms. The summed E-state index contributed by atoms with van der Waals surface area (Å²) in [5, 5.41) is 6.20. The lowest BCUT2D eigenvalue weighted by Gasteiger charge is -2.11. The smallest absolute Gasteiger partial charge is 0.255 e. The van der Waals surface area contributed by atoms with Gasteiger partial charge < -0.3 is 10.6 Å². The summed E-state index contributed by atoms with van der Waals surface area (Å²) in [6, 6.07) is 11.5. The highest BCUT2D eigenvalue weighted by Gasteiger charge is 2.08. The summed E-state index contributed by atoms with van der Waals surface area (Å²) in [6.45, 7) is 6.91. The van der Waals surface area contributed by atoms with Crippen LogP contribution < -0.4 is 10.6 Å². The van der Waals surface area contributed by atoms with Gasteiger partial charge in [0.2, 0.25) is 0 Å². The average Bonchev–Trinajstić information content (AvgIpc) is 2.40. The first-order chi connectivity index (χ1) is 9.99. The fourth-order valence-electron chi connectivity index (χ4n) is 2.21. The van der Waals surface area contributed by atoms with Crippen LogP contribution in [0.4, 0.5) is 11.4 Å². The number of carbonyl (C=O) groups excluding carboxylic acids is 1. The first kappa shape index (κ1) is 15.6. The second-order valence-corrected chi connectivity index (χ2v) is 5.95. The van der Waals surface area contributed by atoms with Gasteiger partial charge in [-0.1, -0.05) is 15.9 Å². The Morgan fingerprint density at radius 2 is 1.90 bits per heavy atom. The average molecular weight is 347 g/mol. The second kappa shape index (κ2) is 6.76. The first-order valence-corrected chi connectivity index (χ1v) is 7.72. The van der Waals surface area contributed by atoms with Gasteiger partial charge in [-0.05, 0) is 68.3 Å². The van der Waals surface area contributed by atoms with Gasteiger partial charge in [-0.3, -0.25) is 4.79 Å². The number of rotatable bonds is 4. The molecule has 0 aliphatic carbocycles.